The van der Waals surface area contributed by atoms with Gasteiger partial charge in [0.15, 0.2) is 0 Å². The second kappa shape index (κ2) is 5.87. The Labute approximate surface area is 113 Å². The summed E-state index contributed by atoms with van der Waals surface area (Å²) in [6, 6.07) is 16.6. The van der Waals surface area contributed by atoms with Gasteiger partial charge in [-0.25, -0.2) is 0 Å². The molecule has 100 valence electrons. The van der Waals surface area contributed by atoms with Crippen molar-refractivity contribution < 1.29 is 14.9 Å². The quantitative estimate of drug-likeness (QED) is 0.866. The molecule has 0 fully saturated rings. The van der Waals surface area contributed by atoms with E-state index in [-0.39, 0.29) is 13.2 Å². The van der Waals surface area contributed by atoms with Crippen LogP contribution in [-0.4, -0.2) is 16.8 Å². The van der Waals surface area contributed by atoms with E-state index in [1.165, 1.54) is 0 Å². The Morgan fingerprint density at radius 1 is 1.00 bits per heavy atom. The van der Waals surface area contributed by atoms with Gasteiger partial charge < -0.3 is 14.9 Å². The number of aliphatic hydroxyl groups is 2. The van der Waals surface area contributed by atoms with Gasteiger partial charge in [-0.3, -0.25) is 0 Å². The number of aliphatic hydroxyl groups excluding tert-OH is 1. The van der Waals surface area contributed by atoms with Crippen LogP contribution in [0.15, 0.2) is 54.6 Å². The largest absolute Gasteiger partial charge is 0.490 e. The summed E-state index contributed by atoms with van der Waals surface area (Å²) in [6.07, 6.45) is 0. The van der Waals surface area contributed by atoms with Crippen LogP contribution in [0.3, 0.4) is 0 Å². The predicted octanol–water partition coefficient (Wildman–Crippen LogP) is 2.47. The van der Waals surface area contributed by atoms with E-state index in [1.807, 2.05) is 30.3 Å². The van der Waals surface area contributed by atoms with Crippen molar-refractivity contribution in [2.45, 2.75) is 19.1 Å². The van der Waals surface area contributed by atoms with Crippen LogP contribution in [-0.2, 0) is 12.2 Å². The zero-order chi connectivity index (χ0) is 13.7. The maximum absolute atomic E-state index is 10.4. The standard InChI is InChI=1S/C16H18O3/c1-16(18,14-5-3-2-4-6-14)12-19-15-9-7-13(11-17)8-10-15/h2-10,17-18H,11-12H2,1H3. The lowest BCUT2D eigenvalue weighted by Crippen LogP contribution is -2.29. The van der Waals surface area contributed by atoms with Crippen molar-refractivity contribution in [1.29, 1.82) is 0 Å². The van der Waals surface area contributed by atoms with E-state index in [2.05, 4.69) is 0 Å². The highest BCUT2D eigenvalue weighted by molar-refractivity contribution is 5.27. The number of ether oxygens (including phenoxy) is 1. The molecule has 2 rings (SSSR count). The lowest BCUT2D eigenvalue weighted by atomic mass is 9.97. The van der Waals surface area contributed by atoms with Crippen molar-refractivity contribution in [3.63, 3.8) is 0 Å². The number of hydrogen-bond acceptors (Lipinski definition) is 3. The molecular weight excluding hydrogens is 240 g/mol. The number of benzene rings is 2. The SMILES string of the molecule is CC(O)(COc1ccc(CO)cc1)c1ccccc1. The minimum absolute atomic E-state index is 0.0159. The van der Waals surface area contributed by atoms with Gasteiger partial charge in [-0.2, -0.15) is 0 Å². The van der Waals surface area contributed by atoms with Gasteiger partial charge in [0, 0.05) is 0 Å². The first-order valence-electron chi connectivity index (χ1n) is 6.22. The van der Waals surface area contributed by atoms with E-state index in [4.69, 9.17) is 9.84 Å². The van der Waals surface area contributed by atoms with Crippen molar-refractivity contribution in [2.75, 3.05) is 6.61 Å². The van der Waals surface area contributed by atoms with Gasteiger partial charge in [-0.1, -0.05) is 42.5 Å². The molecule has 19 heavy (non-hydrogen) atoms. The fourth-order valence-electron chi connectivity index (χ4n) is 1.80. The maximum atomic E-state index is 10.4. The average Bonchev–Trinajstić information content (AvgIpc) is 2.47. The maximum Gasteiger partial charge on any atom is 0.121 e. The summed E-state index contributed by atoms with van der Waals surface area (Å²) in [5.74, 6) is 0.674. The van der Waals surface area contributed by atoms with Gasteiger partial charge in [-0.15, -0.1) is 0 Å². The van der Waals surface area contributed by atoms with Gasteiger partial charge in [0.2, 0.25) is 0 Å². The molecule has 2 aromatic carbocycles. The van der Waals surface area contributed by atoms with E-state index in [0.717, 1.165) is 11.1 Å². The van der Waals surface area contributed by atoms with E-state index in [0.29, 0.717) is 5.75 Å². The van der Waals surface area contributed by atoms with E-state index < -0.39 is 5.60 Å². The molecule has 0 saturated carbocycles. The second-order valence-corrected chi connectivity index (χ2v) is 4.73. The Morgan fingerprint density at radius 2 is 1.63 bits per heavy atom. The molecule has 0 bridgehead atoms. The van der Waals surface area contributed by atoms with Crippen LogP contribution < -0.4 is 4.74 Å². The Balaban J connectivity index is 2.01. The minimum Gasteiger partial charge on any atom is -0.490 e. The van der Waals surface area contributed by atoms with Gasteiger partial charge in [0.05, 0.1) is 6.61 Å². The van der Waals surface area contributed by atoms with Crippen molar-refractivity contribution in [3.05, 3.63) is 65.7 Å². The Morgan fingerprint density at radius 3 is 2.21 bits per heavy atom. The third-order valence-electron chi connectivity index (χ3n) is 3.02. The molecule has 0 aliphatic heterocycles. The molecule has 0 heterocycles. The van der Waals surface area contributed by atoms with Gasteiger partial charge >= 0.3 is 0 Å². The minimum atomic E-state index is -1.03. The summed E-state index contributed by atoms with van der Waals surface area (Å²) in [5.41, 5.74) is 0.626. The second-order valence-electron chi connectivity index (χ2n) is 4.73. The molecule has 3 nitrogen and oxygen atoms in total. The van der Waals surface area contributed by atoms with Gasteiger partial charge in [0.1, 0.15) is 18.0 Å². The lowest BCUT2D eigenvalue weighted by molar-refractivity contribution is 0.00759. The first-order chi connectivity index (χ1) is 9.12. The third-order valence-corrected chi connectivity index (χ3v) is 3.02. The zero-order valence-electron chi connectivity index (χ0n) is 10.9. The molecule has 0 radical (unpaired) electrons. The van der Waals surface area contributed by atoms with Crippen LogP contribution in [0, 0.1) is 0 Å². The Hall–Kier alpha value is -1.84. The molecular formula is C16H18O3. The van der Waals surface area contributed by atoms with Crippen LogP contribution in [0.25, 0.3) is 0 Å². The summed E-state index contributed by atoms with van der Waals surface area (Å²) >= 11 is 0. The topological polar surface area (TPSA) is 49.7 Å². The molecule has 3 heteroatoms. The molecule has 1 atom stereocenters. The summed E-state index contributed by atoms with van der Waals surface area (Å²) in [5, 5.41) is 19.3. The van der Waals surface area contributed by atoms with Crippen LogP contribution in [0.4, 0.5) is 0 Å². The number of rotatable bonds is 5. The van der Waals surface area contributed by atoms with Crippen molar-refractivity contribution >= 4 is 0 Å². The average molecular weight is 258 g/mol. The van der Waals surface area contributed by atoms with E-state index in [1.54, 1.807) is 31.2 Å². The van der Waals surface area contributed by atoms with Crippen LogP contribution in [0.5, 0.6) is 5.75 Å². The first-order valence-corrected chi connectivity index (χ1v) is 6.22. The number of hydrogen-bond donors (Lipinski definition) is 2. The van der Waals surface area contributed by atoms with E-state index >= 15 is 0 Å². The Kier molecular flexibility index (Phi) is 4.20. The van der Waals surface area contributed by atoms with Crippen LogP contribution >= 0.6 is 0 Å². The van der Waals surface area contributed by atoms with Crippen LogP contribution in [0.2, 0.25) is 0 Å². The van der Waals surface area contributed by atoms with Gasteiger partial charge in [-0.05, 0) is 30.2 Å². The monoisotopic (exact) mass is 258 g/mol. The van der Waals surface area contributed by atoms with Gasteiger partial charge in [0.25, 0.3) is 0 Å². The molecule has 0 spiro atoms. The molecule has 2 aromatic rings. The van der Waals surface area contributed by atoms with E-state index in [9.17, 15) is 5.11 Å². The highest BCUT2D eigenvalue weighted by atomic mass is 16.5. The molecule has 0 aliphatic rings. The first kappa shape index (κ1) is 13.6. The normalized spacial score (nSPS) is 13.8. The molecule has 0 aromatic heterocycles. The molecule has 0 saturated heterocycles. The fraction of sp³-hybridized carbons (Fsp3) is 0.250. The summed E-state index contributed by atoms with van der Waals surface area (Å²) < 4.78 is 5.59. The summed E-state index contributed by atoms with van der Waals surface area (Å²) in [7, 11) is 0. The lowest BCUT2D eigenvalue weighted by Gasteiger charge is -2.24. The predicted molar refractivity (Wildman–Crippen MR) is 73.9 cm³/mol. The van der Waals surface area contributed by atoms with Crippen molar-refractivity contribution in [2.24, 2.45) is 0 Å². The molecule has 1 unspecified atom stereocenters. The van der Waals surface area contributed by atoms with Crippen molar-refractivity contribution in [3.8, 4) is 5.75 Å². The fourth-order valence-corrected chi connectivity index (χ4v) is 1.80. The third kappa shape index (κ3) is 3.56. The summed E-state index contributed by atoms with van der Waals surface area (Å²) in [6.45, 7) is 1.92. The highest BCUT2D eigenvalue weighted by Gasteiger charge is 2.23. The van der Waals surface area contributed by atoms with Crippen LogP contribution in [0.1, 0.15) is 18.1 Å². The molecule has 2 N–H and O–H groups in total. The Bertz CT molecular complexity index is 503. The zero-order valence-corrected chi connectivity index (χ0v) is 10.9. The summed E-state index contributed by atoms with van der Waals surface area (Å²) in [4.78, 5) is 0. The molecule has 0 aliphatic carbocycles. The smallest absolute Gasteiger partial charge is 0.121 e. The molecule has 0 amide bonds. The highest BCUT2D eigenvalue weighted by Crippen LogP contribution is 2.22. The van der Waals surface area contributed by atoms with Crippen molar-refractivity contribution in [1.82, 2.24) is 0 Å².